The number of carbonyl (C=O) groups excluding carboxylic acids is 3. The number of aromatic hydroxyl groups is 3. The molecule has 275 valence electrons. The average molecular weight is 920 g/mol. The van der Waals surface area contributed by atoms with E-state index in [-0.39, 0.29) is 98.5 Å². The summed E-state index contributed by atoms with van der Waals surface area (Å²) in [6.07, 6.45) is 3.30. The van der Waals surface area contributed by atoms with Crippen LogP contribution in [-0.2, 0) is 28.6 Å². The summed E-state index contributed by atoms with van der Waals surface area (Å²) in [5.74, 6) is 0.599. The maximum absolute atomic E-state index is 11.7. The fourth-order valence-electron chi connectivity index (χ4n) is 5.50. The van der Waals surface area contributed by atoms with Crippen molar-refractivity contribution in [3.05, 3.63) is 88.0 Å². The van der Waals surface area contributed by atoms with Crippen LogP contribution in [0.2, 0.25) is 0 Å². The second-order valence-electron chi connectivity index (χ2n) is 14.0. The summed E-state index contributed by atoms with van der Waals surface area (Å²) >= 11 is 0. The number of phenols is 3. The van der Waals surface area contributed by atoms with E-state index in [4.69, 9.17) is 14.2 Å². The SMILES string of the molecule is Cc1ccc([C@@H](CO)CCC(=O)OC(C)(C)C)cc1O.Cc1ccc([C@@H]2CCC(=O)OC2)cc1O.Cc1ccc([C@@H]2CCC(=O)OC2)cc1O.[Ac]. The van der Waals surface area contributed by atoms with E-state index in [1.165, 1.54) is 0 Å². The predicted octanol–water partition coefficient (Wildman–Crippen LogP) is 7.14. The molecule has 11 heteroatoms. The van der Waals surface area contributed by atoms with Gasteiger partial charge in [0, 0.05) is 87.7 Å². The van der Waals surface area contributed by atoms with E-state index in [1.54, 1.807) is 24.3 Å². The molecule has 2 aliphatic heterocycles. The Morgan fingerprint density at radius 3 is 1.55 bits per heavy atom. The summed E-state index contributed by atoms with van der Waals surface area (Å²) in [7, 11) is 0. The van der Waals surface area contributed by atoms with Gasteiger partial charge in [-0.15, -0.1) is 0 Å². The third-order valence-electron chi connectivity index (χ3n) is 8.74. The van der Waals surface area contributed by atoms with Crippen LogP contribution >= 0.6 is 0 Å². The Bertz CT molecular complexity index is 1520. The number of hydrogen-bond acceptors (Lipinski definition) is 10. The quantitative estimate of drug-likeness (QED) is 0.142. The zero-order valence-electron chi connectivity index (χ0n) is 30.6. The number of hydrogen-bond donors (Lipinski definition) is 4. The van der Waals surface area contributed by atoms with Gasteiger partial charge in [0.1, 0.15) is 22.8 Å². The Morgan fingerprint density at radius 1 is 0.765 bits per heavy atom. The molecule has 0 unspecified atom stereocenters. The largest absolute Gasteiger partial charge is 0.508 e. The van der Waals surface area contributed by atoms with Crippen molar-refractivity contribution < 1.29 is 93.1 Å². The van der Waals surface area contributed by atoms with Crippen LogP contribution in [-0.4, -0.2) is 63.8 Å². The molecule has 3 atom stereocenters. The third kappa shape index (κ3) is 14.8. The molecule has 4 N–H and O–H groups in total. The van der Waals surface area contributed by atoms with Crippen molar-refractivity contribution in [2.24, 2.45) is 0 Å². The summed E-state index contributed by atoms with van der Waals surface area (Å²) in [5, 5.41) is 38.3. The molecule has 1 radical (unpaired) electrons. The minimum Gasteiger partial charge on any atom is -0.508 e. The molecular weight excluding hydrogens is 867 g/mol. The van der Waals surface area contributed by atoms with E-state index in [2.05, 4.69) is 0 Å². The molecule has 3 aromatic carbocycles. The van der Waals surface area contributed by atoms with E-state index < -0.39 is 5.60 Å². The molecule has 10 nitrogen and oxygen atoms in total. The molecule has 5 rings (SSSR count). The molecule has 0 bridgehead atoms. The molecule has 2 saturated heterocycles. The fourth-order valence-corrected chi connectivity index (χ4v) is 5.50. The van der Waals surface area contributed by atoms with Gasteiger partial charge < -0.3 is 34.6 Å². The van der Waals surface area contributed by atoms with Crippen LogP contribution in [0.25, 0.3) is 0 Å². The maximum Gasteiger partial charge on any atom is 0.306 e. The van der Waals surface area contributed by atoms with Crippen molar-refractivity contribution in [3.63, 3.8) is 0 Å². The number of rotatable bonds is 7. The van der Waals surface area contributed by atoms with Gasteiger partial charge in [-0.25, -0.2) is 0 Å². The number of carbonyl (C=O) groups is 3. The van der Waals surface area contributed by atoms with Gasteiger partial charge in [0.05, 0.1) is 13.2 Å². The Morgan fingerprint density at radius 2 is 1.20 bits per heavy atom. The summed E-state index contributed by atoms with van der Waals surface area (Å²) in [6, 6.07) is 16.6. The van der Waals surface area contributed by atoms with E-state index in [0.29, 0.717) is 44.0 Å². The van der Waals surface area contributed by atoms with Crippen molar-refractivity contribution >= 4 is 17.9 Å². The predicted molar refractivity (Wildman–Crippen MR) is 189 cm³/mol. The van der Waals surface area contributed by atoms with E-state index in [9.17, 15) is 34.8 Å². The molecule has 3 aromatic rings. The van der Waals surface area contributed by atoms with Crippen molar-refractivity contribution in [1.29, 1.82) is 0 Å². The van der Waals surface area contributed by atoms with Gasteiger partial charge in [0.2, 0.25) is 0 Å². The number of benzene rings is 3. The first kappa shape index (κ1) is 44.0. The molecule has 2 aliphatic rings. The number of aliphatic hydroxyl groups excluding tert-OH is 1. The zero-order valence-corrected chi connectivity index (χ0v) is 35.4. The van der Waals surface area contributed by atoms with E-state index in [0.717, 1.165) is 46.2 Å². The molecule has 0 saturated carbocycles. The monoisotopic (exact) mass is 919 g/mol. The van der Waals surface area contributed by atoms with Gasteiger partial charge in [-0.2, -0.15) is 0 Å². The van der Waals surface area contributed by atoms with Gasteiger partial charge in [-0.3, -0.25) is 14.4 Å². The van der Waals surface area contributed by atoms with Gasteiger partial charge in [-0.05, 0) is 112 Å². The van der Waals surface area contributed by atoms with Crippen LogP contribution in [0.15, 0.2) is 54.6 Å². The normalized spacial score (nSPS) is 17.5. The number of phenolic OH excluding ortho intramolecular Hbond substituents is 3. The Labute approximate surface area is 337 Å². The molecule has 0 aromatic heterocycles. The van der Waals surface area contributed by atoms with Crippen molar-refractivity contribution in [3.8, 4) is 17.2 Å². The molecule has 51 heavy (non-hydrogen) atoms. The standard InChI is InChI=1S/C16H24O4.2C12H14O3.Ac/c1-11-5-6-12(9-14(11)18)13(10-17)7-8-15(19)20-16(2,3)4;2*1-8-2-3-9(6-11(8)13)10-4-5-12(14)15-7-10;/h5-6,9,13,17-18H,7-8,10H2,1-4H3;2*2-3,6,10,13H,4-5,7H2,1H3;/t13-;2*10-;/m111./s1. The third-order valence-corrected chi connectivity index (χ3v) is 8.74. The second-order valence-corrected chi connectivity index (χ2v) is 14.0. The summed E-state index contributed by atoms with van der Waals surface area (Å²) in [6.45, 7) is 11.8. The smallest absolute Gasteiger partial charge is 0.306 e. The molecule has 2 fully saturated rings. The van der Waals surface area contributed by atoms with E-state index in [1.807, 2.05) is 71.9 Å². The Kier molecular flexibility index (Phi) is 18.0. The molecule has 0 amide bonds. The first-order valence-corrected chi connectivity index (χ1v) is 17.1. The molecule has 0 spiro atoms. The number of ether oxygens (including phenoxy) is 3. The number of aliphatic hydroxyl groups is 1. The van der Waals surface area contributed by atoms with Crippen LogP contribution < -0.4 is 0 Å². The van der Waals surface area contributed by atoms with Crippen LogP contribution in [0.1, 0.15) is 110 Å². The molecular formula is C40H52AcO10. The fraction of sp³-hybridized carbons (Fsp3) is 0.475. The molecule has 0 aliphatic carbocycles. The maximum atomic E-state index is 11.7. The van der Waals surface area contributed by atoms with Gasteiger partial charge in [0.25, 0.3) is 0 Å². The summed E-state index contributed by atoms with van der Waals surface area (Å²) in [5.41, 5.74) is 4.96. The van der Waals surface area contributed by atoms with Crippen molar-refractivity contribution in [2.45, 2.75) is 103 Å². The first-order valence-electron chi connectivity index (χ1n) is 17.1. The summed E-state index contributed by atoms with van der Waals surface area (Å²) < 4.78 is 15.2. The summed E-state index contributed by atoms with van der Waals surface area (Å²) in [4.78, 5) is 33.5. The number of esters is 3. The van der Waals surface area contributed by atoms with Crippen LogP contribution in [0.4, 0.5) is 0 Å². The average Bonchev–Trinajstić information content (AvgIpc) is 3.06. The first-order chi connectivity index (χ1) is 23.6. The Balaban J connectivity index is 0.000000266. The van der Waals surface area contributed by atoms with E-state index >= 15 is 0 Å². The van der Waals surface area contributed by atoms with Crippen LogP contribution in [0.5, 0.6) is 17.2 Å². The van der Waals surface area contributed by atoms with Crippen LogP contribution in [0.3, 0.4) is 0 Å². The topological polar surface area (TPSA) is 160 Å². The zero-order chi connectivity index (χ0) is 37.0. The number of aryl methyl sites for hydroxylation is 3. The Hall–Kier alpha value is -3.13. The minimum atomic E-state index is -0.492. The molecule has 2 heterocycles. The van der Waals surface area contributed by atoms with Gasteiger partial charge in [-0.1, -0.05) is 36.4 Å². The van der Waals surface area contributed by atoms with Crippen molar-refractivity contribution in [2.75, 3.05) is 19.8 Å². The van der Waals surface area contributed by atoms with Crippen molar-refractivity contribution in [1.82, 2.24) is 0 Å². The number of cyclic esters (lactones) is 2. The minimum absolute atomic E-state index is 0. The second kappa shape index (κ2) is 20.8. The van der Waals surface area contributed by atoms with Gasteiger partial charge in [0.15, 0.2) is 0 Å². The van der Waals surface area contributed by atoms with Crippen LogP contribution in [0, 0.1) is 64.8 Å². The van der Waals surface area contributed by atoms with Gasteiger partial charge >= 0.3 is 17.9 Å².